The number of unbranched alkanes of at least 4 members (excludes halogenated alkanes) is 26. The summed E-state index contributed by atoms with van der Waals surface area (Å²) in [5.74, 6) is -0.824. The average Bonchev–Trinajstić information content (AvgIpc) is 3.13. The van der Waals surface area contributed by atoms with Gasteiger partial charge in [-0.15, -0.1) is 0 Å². The lowest BCUT2D eigenvalue weighted by molar-refractivity contribution is -0.161. The number of carbonyl (C=O) groups excluding carboxylic acids is 2. The van der Waals surface area contributed by atoms with Gasteiger partial charge in [0.1, 0.15) is 6.61 Å². The molecule has 2 unspecified atom stereocenters. The molecule has 0 bridgehead atoms. The van der Waals surface area contributed by atoms with Crippen molar-refractivity contribution in [2.24, 2.45) is 5.73 Å². The normalized spacial score (nSPS) is 13.4. The molecule has 0 aliphatic carbocycles. The van der Waals surface area contributed by atoms with E-state index in [0.29, 0.717) is 6.42 Å². The first-order valence-electron chi connectivity index (χ1n) is 21.7. The Bertz CT molecular complexity index is 871. The van der Waals surface area contributed by atoms with Gasteiger partial charge in [-0.2, -0.15) is 0 Å². The van der Waals surface area contributed by atoms with Gasteiger partial charge in [0.05, 0.1) is 13.2 Å². The monoisotopic (exact) mass is 760 g/mol. The van der Waals surface area contributed by atoms with Crippen LogP contribution in [0.3, 0.4) is 0 Å². The molecule has 0 saturated carbocycles. The van der Waals surface area contributed by atoms with E-state index >= 15 is 0 Å². The van der Waals surface area contributed by atoms with Crippen LogP contribution in [0, 0.1) is 0 Å². The lowest BCUT2D eigenvalue weighted by atomic mass is 10.0. The summed E-state index contributed by atoms with van der Waals surface area (Å²) in [6.45, 7) is 3.75. The van der Waals surface area contributed by atoms with Gasteiger partial charge < -0.3 is 20.1 Å². The fraction of sp³-hybridized carbons (Fsp3) is 0.905. The molecule has 2 atom stereocenters. The third kappa shape index (κ3) is 38.5. The molecule has 0 heterocycles. The van der Waals surface area contributed by atoms with Gasteiger partial charge in [-0.1, -0.05) is 174 Å². The number of esters is 2. The third-order valence-corrected chi connectivity index (χ3v) is 10.4. The van der Waals surface area contributed by atoms with Gasteiger partial charge in [-0.25, -0.2) is 4.57 Å². The Balaban J connectivity index is 4.12. The number of rotatable bonds is 41. The number of ether oxygens (including phenoxy) is 2. The summed E-state index contributed by atoms with van der Waals surface area (Å²) in [6.07, 6.45) is 39.5. The second kappa shape index (κ2) is 39.4. The van der Waals surface area contributed by atoms with E-state index in [9.17, 15) is 19.0 Å². The maximum atomic E-state index is 12.6. The van der Waals surface area contributed by atoms with Crippen LogP contribution in [-0.4, -0.2) is 49.3 Å². The molecule has 3 N–H and O–H groups in total. The summed E-state index contributed by atoms with van der Waals surface area (Å²) < 4.78 is 32.8. The van der Waals surface area contributed by atoms with Gasteiger partial charge in [-0.3, -0.25) is 18.6 Å². The first-order chi connectivity index (χ1) is 25.3. The Kier molecular flexibility index (Phi) is 38.5. The van der Waals surface area contributed by atoms with E-state index in [2.05, 4.69) is 26.0 Å². The molecule has 0 radical (unpaired) electrons. The van der Waals surface area contributed by atoms with Crippen LogP contribution in [0.25, 0.3) is 0 Å². The second-order valence-corrected chi connectivity index (χ2v) is 16.0. The van der Waals surface area contributed by atoms with Crippen LogP contribution in [0.15, 0.2) is 12.2 Å². The molecule has 0 aliphatic rings. The van der Waals surface area contributed by atoms with Gasteiger partial charge in [0, 0.05) is 19.4 Å². The fourth-order valence-electron chi connectivity index (χ4n) is 6.16. The molecule has 0 aromatic heterocycles. The zero-order valence-corrected chi connectivity index (χ0v) is 34.7. The number of phosphoric acid groups is 1. The van der Waals surface area contributed by atoms with Crippen molar-refractivity contribution in [1.29, 1.82) is 0 Å². The van der Waals surface area contributed by atoms with Crippen molar-refractivity contribution in [2.45, 2.75) is 219 Å². The van der Waals surface area contributed by atoms with E-state index in [1.54, 1.807) is 0 Å². The molecule has 0 saturated heterocycles. The lowest BCUT2D eigenvalue weighted by Crippen LogP contribution is -2.29. The quantitative estimate of drug-likeness (QED) is 0.0270. The highest BCUT2D eigenvalue weighted by Gasteiger charge is 2.26. The molecule has 308 valence electrons. The van der Waals surface area contributed by atoms with Crippen molar-refractivity contribution in [3.63, 3.8) is 0 Å². The molecule has 0 aromatic rings. The Morgan fingerprint density at radius 2 is 0.942 bits per heavy atom. The maximum Gasteiger partial charge on any atom is 0.472 e. The predicted octanol–water partition coefficient (Wildman–Crippen LogP) is 12.2. The SMILES string of the molecule is CCCCCCCCC/C=C\CCCCCCCCCC(=O)OC(COC(=O)CCCCCCCCCCCCCCC)COP(=O)(O)OCCN. The summed E-state index contributed by atoms with van der Waals surface area (Å²) in [4.78, 5) is 34.8. The van der Waals surface area contributed by atoms with Gasteiger partial charge >= 0.3 is 19.8 Å². The van der Waals surface area contributed by atoms with Crippen LogP contribution >= 0.6 is 7.82 Å². The number of hydrogen-bond acceptors (Lipinski definition) is 8. The zero-order chi connectivity index (χ0) is 38.2. The Labute approximate surface area is 319 Å². The van der Waals surface area contributed by atoms with Gasteiger partial charge in [0.2, 0.25) is 0 Å². The Morgan fingerprint density at radius 1 is 0.558 bits per heavy atom. The van der Waals surface area contributed by atoms with Crippen LogP contribution in [0.5, 0.6) is 0 Å². The number of nitrogens with two attached hydrogens (primary N) is 1. The smallest absolute Gasteiger partial charge is 0.462 e. The highest BCUT2D eigenvalue weighted by atomic mass is 31.2. The highest BCUT2D eigenvalue weighted by Crippen LogP contribution is 2.43. The van der Waals surface area contributed by atoms with E-state index in [1.165, 1.54) is 135 Å². The molecule has 10 heteroatoms. The Morgan fingerprint density at radius 3 is 1.37 bits per heavy atom. The largest absolute Gasteiger partial charge is 0.472 e. The molecule has 0 fully saturated rings. The minimum absolute atomic E-state index is 0.0554. The minimum atomic E-state index is -4.37. The van der Waals surface area contributed by atoms with Gasteiger partial charge in [0.15, 0.2) is 6.10 Å². The van der Waals surface area contributed by atoms with Crippen molar-refractivity contribution < 1.29 is 37.6 Å². The number of hydrogen-bond donors (Lipinski definition) is 2. The van der Waals surface area contributed by atoms with E-state index in [4.69, 9.17) is 24.3 Å². The van der Waals surface area contributed by atoms with Crippen LogP contribution in [-0.2, 0) is 32.7 Å². The van der Waals surface area contributed by atoms with Crippen molar-refractivity contribution in [1.82, 2.24) is 0 Å². The molecule has 9 nitrogen and oxygen atoms in total. The van der Waals surface area contributed by atoms with Crippen LogP contribution in [0.2, 0.25) is 0 Å². The van der Waals surface area contributed by atoms with E-state index in [0.717, 1.165) is 44.9 Å². The molecular formula is C42H82NO8P. The third-order valence-electron chi connectivity index (χ3n) is 9.40. The minimum Gasteiger partial charge on any atom is -0.462 e. The van der Waals surface area contributed by atoms with Crippen LogP contribution in [0.4, 0.5) is 0 Å². The van der Waals surface area contributed by atoms with Crippen molar-refractivity contribution in [2.75, 3.05) is 26.4 Å². The number of carbonyl (C=O) groups is 2. The summed E-state index contributed by atoms with van der Waals surface area (Å²) in [6, 6.07) is 0. The second-order valence-electron chi connectivity index (χ2n) is 14.6. The molecule has 0 rings (SSSR count). The maximum absolute atomic E-state index is 12.6. The predicted molar refractivity (Wildman–Crippen MR) is 215 cm³/mol. The Hall–Kier alpha value is -1.25. The fourth-order valence-corrected chi connectivity index (χ4v) is 6.92. The molecule has 0 aliphatic heterocycles. The molecule has 52 heavy (non-hydrogen) atoms. The first kappa shape index (κ1) is 50.8. The van der Waals surface area contributed by atoms with Gasteiger partial charge in [-0.05, 0) is 38.5 Å². The molecule has 0 amide bonds. The molecule has 0 aromatic carbocycles. The van der Waals surface area contributed by atoms with Crippen LogP contribution in [0.1, 0.15) is 213 Å². The highest BCUT2D eigenvalue weighted by molar-refractivity contribution is 7.47. The van der Waals surface area contributed by atoms with Crippen LogP contribution < -0.4 is 5.73 Å². The van der Waals surface area contributed by atoms with Crippen molar-refractivity contribution in [3.05, 3.63) is 12.2 Å². The van der Waals surface area contributed by atoms with Crippen molar-refractivity contribution >= 4 is 19.8 Å². The van der Waals surface area contributed by atoms with E-state index in [1.807, 2.05) is 0 Å². The number of allylic oxidation sites excluding steroid dienone is 2. The van der Waals surface area contributed by atoms with E-state index < -0.39 is 26.5 Å². The van der Waals surface area contributed by atoms with E-state index in [-0.39, 0.29) is 38.6 Å². The summed E-state index contributed by atoms with van der Waals surface area (Å²) >= 11 is 0. The zero-order valence-electron chi connectivity index (χ0n) is 33.8. The summed E-state index contributed by atoms with van der Waals surface area (Å²) in [5, 5.41) is 0. The lowest BCUT2D eigenvalue weighted by Gasteiger charge is -2.19. The topological polar surface area (TPSA) is 134 Å². The summed E-state index contributed by atoms with van der Waals surface area (Å²) in [7, 11) is -4.37. The molecule has 0 spiro atoms. The van der Waals surface area contributed by atoms with Crippen molar-refractivity contribution in [3.8, 4) is 0 Å². The first-order valence-corrected chi connectivity index (χ1v) is 23.2. The average molecular weight is 760 g/mol. The molecular weight excluding hydrogens is 677 g/mol. The standard InChI is InChI=1S/C42H82NO8P/c1-3-5-7-9-11-13-15-17-18-19-20-21-23-25-27-29-31-33-35-42(45)51-40(39-50-52(46,47)49-37-36-43)38-48-41(44)34-32-30-28-26-24-22-16-14-12-10-8-6-4-2/h18-19,40H,3-17,20-39,43H2,1-2H3,(H,46,47)/b19-18-. The summed E-state index contributed by atoms with van der Waals surface area (Å²) in [5.41, 5.74) is 5.34. The number of phosphoric ester groups is 1. The van der Waals surface area contributed by atoms with Gasteiger partial charge in [0.25, 0.3) is 0 Å².